The van der Waals surface area contributed by atoms with Gasteiger partial charge in [0.05, 0.1) is 6.20 Å². The summed E-state index contributed by atoms with van der Waals surface area (Å²) in [6.45, 7) is 1.70. The van der Waals surface area contributed by atoms with Gasteiger partial charge < -0.3 is 0 Å². The number of amides is 2. The summed E-state index contributed by atoms with van der Waals surface area (Å²) in [6, 6.07) is 1.92. The number of carbonyl (C=O) groups is 2. The molecule has 1 aliphatic heterocycles. The second kappa shape index (κ2) is 3.45. The number of aromatic nitrogens is 2. The fourth-order valence-electron chi connectivity index (χ4n) is 1.78. The van der Waals surface area contributed by atoms with Crippen molar-refractivity contribution in [3.63, 3.8) is 0 Å². The number of imide groups is 1. The third-order valence-corrected chi connectivity index (χ3v) is 2.61. The zero-order valence-corrected chi connectivity index (χ0v) is 8.97. The second-order valence-electron chi connectivity index (χ2n) is 3.79. The lowest BCUT2D eigenvalue weighted by Gasteiger charge is -2.14. The third kappa shape index (κ3) is 1.29. The first-order valence-electron chi connectivity index (χ1n) is 4.85. The first kappa shape index (κ1) is 10.4. The molecule has 1 aromatic rings. The standard InChI is InChI=1S/C10H10N4O2/c1-6-3-8(15)14(10(6)16)9-7(4-11)5-12-13(9)2/h5-6H,3H2,1-2H3. The molecule has 6 heteroatoms. The predicted octanol–water partition coefficient (Wildman–Crippen LogP) is 0.191. The third-order valence-electron chi connectivity index (χ3n) is 2.61. The van der Waals surface area contributed by atoms with E-state index in [1.807, 2.05) is 6.07 Å². The molecule has 0 aliphatic carbocycles. The molecule has 82 valence electrons. The predicted molar refractivity (Wildman–Crippen MR) is 54.2 cm³/mol. The Hall–Kier alpha value is -2.16. The van der Waals surface area contributed by atoms with Gasteiger partial charge in [-0.1, -0.05) is 6.92 Å². The van der Waals surface area contributed by atoms with Gasteiger partial charge in [0.1, 0.15) is 11.6 Å². The van der Waals surface area contributed by atoms with E-state index in [1.165, 1.54) is 10.9 Å². The zero-order chi connectivity index (χ0) is 11.9. The van der Waals surface area contributed by atoms with Crippen molar-refractivity contribution in [2.24, 2.45) is 13.0 Å². The summed E-state index contributed by atoms with van der Waals surface area (Å²) in [7, 11) is 1.60. The van der Waals surface area contributed by atoms with Gasteiger partial charge in [0, 0.05) is 19.4 Å². The minimum absolute atomic E-state index is 0.189. The highest BCUT2D eigenvalue weighted by Crippen LogP contribution is 2.27. The molecule has 2 amide bonds. The van der Waals surface area contributed by atoms with E-state index in [1.54, 1.807) is 14.0 Å². The minimum atomic E-state index is -0.325. The van der Waals surface area contributed by atoms with E-state index in [9.17, 15) is 9.59 Å². The smallest absolute Gasteiger partial charge is 0.238 e. The molecule has 0 saturated carbocycles. The number of anilines is 1. The monoisotopic (exact) mass is 218 g/mol. The Morgan fingerprint density at radius 2 is 2.25 bits per heavy atom. The van der Waals surface area contributed by atoms with Gasteiger partial charge in [-0.2, -0.15) is 10.4 Å². The number of nitriles is 1. The van der Waals surface area contributed by atoms with Crippen LogP contribution in [0.3, 0.4) is 0 Å². The van der Waals surface area contributed by atoms with Gasteiger partial charge in [0.25, 0.3) is 0 Å². The van der Waals surface area contributed by atoms with Crippen LogP contribution in [0.25, 0.3) is 0 Å². The van der Waals surface area contributed by atoms with Crippen molar-refractivity contribution in [1.82, 2.24) is 9.78 Å². The quantitative estimate of drug-likeness (QED) is 0.630. The molecule has 0 aromatic carbocycles. The molecular weight excluding hydrogens is 208 g/mol. The van der Waals surface area contributed by atoms with Crippen LogP contribution in [0.1, 0.15) is 18.9 Å². The lowest BCUT2D eigenvalue weighted by molar-refractivity contribution is -0.122. The van der Waals surface area contributed by atoms with Crippen molar-refractivity contribution in [3.05, 3.63) is 11.8 Å². The maximum absolute atomic E-state index is 11.8. The van der Waals surface area contributed by atoms with E-state index in [4.69, 9.17) is 5.26 Å². The second-order valence-corrected chi connectivity index (χ2v) is 3.79. The molecule has 1 aliphatic rings. The van der Waals surface area contributed by atoms with Gasteiger partial charge >= 0.3 is 0 Å². The Kier molecular flexibility index (Phi) is 2.23. The first-order chi connectivity index (χ1) is 7.56. The van der Waals surface area contributed by atoms with E-state index >= 15 is 0 Å². The average molecular weight is 218 g/mol. The Morgan fingerprint density at radius 1 is 1.56 bits per heavy atom. The number of rotatable bonds is 1. The highest BCUT2D eigenvalue weighted by molar-refractivity contribution is 6.20. The summed E-state index contributed by atoms with van der Waals surface area (Å²) in [5.41, 5.74) is 0.235. The Morgan fingerprint density at radius 3 is 2.75 bits per heavy atom. The molecule has 6 nitrogen and oxygen atoms in total. The molecule has 1 fully saturated rings. The largest absolute Gasteiger partial charge is 0.274 e. The van der Waals surface area contributed by atoms with Crippen molar-refractivity contribution in [1.29, 1.82) is 5.26 Å². The zero-order valence-electron chi connectivity index (χ0n) is 8.97. The minimum Gasteiger partial charge on any atom is -0.274 e. The van der Waals surface area contributed by atoms with Crippen molar-refractivity contribution in [3.8, 4) is 6.07 Å². The summed E-state index contributed by atoms with van der Waals surface area (Å²) in [6.07, 6.45) is 1.54. The topological polar surface area (TPSA) is 79.0 Å². The lowest BCUT2D eigenvalue weighted by Crippen LogP contribution is -2.32. The van der Waals surface area contributed by atoms with Crippen LogP contribution in [-0.2, 0) is 16.6 Å². The SMILES string of the molecule is CC1CC(=O)N(c2c(C#N)cnn2C)C1=O. The van der Waals surface area contributed by atoms with E-state index in [2.05, 4.69) is 5.10 Å². The molecule has 0 radical (unpaired) electrons. The fourth-order valence-corrected chi connectivity index (χ4v) is 1.78. The Balaban J connectivity index is 2.53. The molecule has 1 unspecified atom stereocenters. The number of nitrogens with zero attached hydrogens (tertiary/aromatic N) is 4. The maximum Gasteiger partial charge on any atom is 0.238 e. The first-order valence-corrected chi connectivity index (χ1v) is 4.85. The number of hydrogen-bond acceptors (Lipinski definition) is 4. The summed E-state index contributed by atoms with van der Waals surface area (Å²) >= 11 is 0. The van der Waals surface area contributed by atoms with E-state index in [0.717, 1.165) is 4.90 Å². The molecule has 1 atom stereocenters. The van der Waals surface area contributed by atoms with Crippen LogP contribution in [0.15, 0.2) is 6.20 Å². The van der Waals surface area contributed by atoms with Crippen molar-refractivity contribution >= 4 is 17.6 Å². The molecule has 2 heterocycles. The van der Waals surface area contributed by atoms with Crippen LogP contribution in [0.2, 0.25) is 0 Å². The lowest BCUT2D eigenvalue weighted by atomic mass is 10.1. The molecule has 2 rings (SSSR count). The summed E-state index contributed by atoms with van der Waals surface area (Å²) < 4.78 is 1.37. The highest BCUT2D eigenvalue weighted by atomic mass is 16.2. The normalized spacial score (nSPS) is 20.3. The van der Waals surface area contributed by atoms with Gasteiger partial charge in [-0.25, -0.2) is 4.90 Å². The van der Waals surface area contributed by atoms with Crippen LogP contribution < -0.4 is 4.90 Å². The van der Waals surface area contributed by atoms with Gasteiger partial charge in [-0.05, 0) is 0 Å². The number of hydrogen-bond donors (Lipinski definition) is 0. The van der Waals surface area contributed by atoms with Crippen molar-refractivity contribution < 1.29 is 9.59 Å². The van der Waals surface area contributed by atoms with Gasteiger partial charge in [0.15, 0.2) is 5.82 Å². The molecule has 16 heavy (non-hydrogen) atoms. The number of aryl methyl sites for hydroxylation is 1. The average Bonchev–Trinajstić information content (AvgIpc) is 2.70. The molecule has 0 spiro atoms. The summed E-state index contributed by atoms with van der Waals surface area (Å²) in [4.78, 5) is 24.5. The summed E-state index contributed by atoms with van der Waals surface area (Å²) in [5.74, 6) is -0.613. The Labute approximate surface area is 92.1 Å². The van der Waals surface area contributed by atoms with Crippen LogP contribution in [0.4, 0.5) is 5.82 Å². The van der Waals surface area contributed by atoms with Crippen molar-refractivity contribution in [2.75, 3.05) is 4.90 Å². The highest BCUT2D eigenvalue weighted by Gasteiger charge is 2.39. The van der Waals surface area contributed by atoms with E-state index in [0.29, 0.717) is 0 Å². The molecular formula is C10H10N4O2. The van der Waals surface area contributed by atoms with Gasteiger partial charge in [-0.3, -0.25) is 14.3 Å². The fraction of sp³-hybridized carbons (Fsp3) is 0.400. The Bertz CT molecular complexity index is 511. The van der Waals surface area contributed by atoms with Crippen LogP contribution in [0, 0.1) is 17.2 Å². The molecule has 1 saturated heterocycles. The number of carbonyl (C=O) groups excluding carboxylic acids is 2. The van der Waals surface area contributed by atoms with E-state index < -0.39 is 0 Å². The summed E-state index contributed by atoms with van der Waals surface area (Å²) in [5, 5.41) is 12.8. The van der Waals surface area contributed by atoms with E-state index in [-0.39, 0.29) is 35.5 Å². The van der Waals surface area contributed by atoms with Gasteiger partial charge in [-0.15, -0.1) is 0 Å². The molecule has 0 N–H and O–H groups in total. The van der Waals surface area contributed by atoms with Crippen molar-refractivity contribution in [2.45, 2.75) is 13.3 Å². The van der Waals surface area contributed by atoms with Crippen LogP contribution in [0.5, 0.6) is 0 Å². The van der Waals surface area contributed by atoms with Crippen LogP contribution >= 0.6 is 0 Å². The molecule has 1 aromatic heterocycles. The van der Waals surface area contributed by atoms with Gasteiger partial charge in [0.2, 0.25) is 11.8 Å². The molecule has 0 bridgehead atoms. The van der Waals surface area contributed by atoms with Crippen LogP contribution in [-0.4, -0.2) is 21.6 Å². The maximum atomic E-state index is 11.8.